The number of nitro benzene ring substituents is 1. The molecule has 0 radical (unpaired) electrons. The van der Waals surface area contributed by atoms with Gasteiger partial charge in [0.1, 0.15) is 5.02 Å². The lowest BCUT2D eigenvalue weighted by Crippen LogP contribution is -2.29. The van der Waals surface area contributed by atoms with Crippen LogP contribution in [0.3, 0.4) is 0 Å². The smallest absolute Gasteiger partial charge is 0.288 e. The van der Waals surface area contributed by atoms with E-state index in [-0.39, 0.29) is 28.2 Å². The van der Waals surface area contributed by atoms with Crippen molar-refractivity contribution in [3.63, 3.8) is 0 Å². The Kier molecular flexibility index (Phi) is 5.93. The van der Waals surface area contributed by atoms with Gasteiger partial charge in [0.05, 0.1) is 11.0 Å². The normalized spacial score (nSPS) is 12.0. The third kappa shape index (κ3) is 4.55. The topological polar surface area (TPSA) is 72.2 Å². The number of rotatable bonds is 6. The van der Waals surface area contributed by atoms with Crippen LogP contribution in [0.5, 0.6) is 0 Å². The molecule has 126 valence electrons. The number of nitrogens with one attached hydrogen (secondary N) is 1. The van der Waals surface area contributed by atoms with Crippen molar-refractivity contribution in [2.45, 2.75) is 26.3 Å². The zero-order chi connectivity index (χ0) is 17.7. The maximum Gasteiger partial charge on any atom is 0.288 e. The molecule has 0 unspecified atom stereocenters. The van der Waals surface area contributed by atoms with Gasteiger partial charge in [-0.25, -0.2) is 0 Å². The molecule has 1 N–H and O–H groups in total. The van der Waals surface area contributed by atoms with Gasteiger partial charge in [0.15, 0.2) is 0 Å². The summed E-state index contributed by atoms with van der Waals surface area (Å²) in [6.45, 7) is 4.16. The second-order valence-electron chi connectivity index (χ2n) is 5.99. The first-order valence-corrected chi connectivity index (χ1v) is 8.06. The van der Waals surface area contributed by atoms with Crippen LogP contribution in [-0.4, -0.2) is 10.8 Å². The van der Waals surface area contributed by atoms with Crippen LogP contribution in [0.15, 0.2) is 48.5 Å². The van der Waals surface area contributed by atoms with Gasteiger partial charge in [0.2, 0.25) is 0 Å². The number of carbonyl (C=O) groups is 1. The maximum atomic E-state index is 12.5. The summed E-state index contributed by atoms with van der Waals surface area (Å²) in [7, 11) is 0. The summed E-state index contributed by atoms with van der Waals surface area (Å²) in [5.74, 6) is 0.0272. The van der Waals surface area contributed by atoms with Crippen LogP contribution >= 0.6 is 11.6 Å². The predicted molar refractivity (Wildman–Crippen MR) is 94.2 cm³/mol. The van der Waals surface area contributed by atoms with Gasteiger partial charge in [-0.15, -0.1) is 0 Å². The van der Waals surface area contributed by atoms with Crippen LogP contribution in [-0.2, 0) is 0 Å². The van der Waals surface area contributed by atoms with Gasteiger partial charge >= 0.3 is 0 Å². The van der Waals surface area contributed by atoms with Crippen LogP contribution < -0.4 is 5.32 Å². The first-order chi connectivity index (χ1) is 11.4. The van der Waals surface area contributed by atoms with Crippen molar-refractivity contribution in [3.05, 3.63) is 74.8 Å². The van der Waals surface area contributed by atoms with Crippen LogP contribution in [0.1, 0.15) is 42.2 Å². The molecule has 6 heteroatoms. The Morgan fingerprint density at radius 2 is 1.88 bits per heavy atom. The highest BCUT2D eigenvalue weighted by Gasteiger charge is 2.20. The molecule has 0 aliphatic carbocycles. The van der Waals surface area contributed by atoms with E-state index in [4.69, 9.17) is 11.6 Å². The van der Waals surface area contributed by atoms with Gasteiger partial charge < -0.3 is 5.32 Å². The minimum atomic E-state index is -0.595. The highest BCUT2D eigenvalue weighted by molar-refractivity contribution is 6.32. The number of nitro groups is 1. The van der Waals surface area contributed by atoms with E-state index in [0.717, 1.165) is 12.0 Å². The Morgan fingerprint density at radius 3 is 2.46 bits per heavy atom. The summed E-state index contributed by atoms with van der Waals surface area (Å²) in [5, 5.41) is 13.9. The van der Waals surface area contributed by atoms with E-state index in [1.807, 2.05) is 30.3 Å². The second kappa shape index (κ2) is 7.93. The Morgan fingerprint density at radius 1 is 1.21 bits per heavy atom. The fourth-order valence-electron chi connectivity index (χ4n) is 2.47. The molecule has 24 heavy (non-hydrogen) atoms. The molecule has 0 aromatic heterocycles. The Balaban J connectivity index is 2.25. The quantitative estimate of drug-likeness (QED) is 0.605. The molecular weight excluding hydrogens is 328 g/mol. The minimum Gasteiger partial charge on any atom is -0.345 e. The lowest BCUT2D eigenvalue weighted by molar-refractivity contribution is -0.384. The molecule has 2 aromatic carbocycles. The molecule has 0 aliphatic rings. The molecule has 2 aromatic rings. The number of carbonyl (C=O) groups excluding carboxylic acids is 1. The van der Waals surface area contributed by atoms with Crippen LogP contribution in [0.4, 0.5) is 5.69 Å². The lowest BCUT2D eigenvalue weighted by Gasteiger charge is -2.21. The van der Waals surface area contributed by atoms with Crippen molar-refractivity contribution >= 4 is 23.2 Å². The van der Waals surface area contributed by atoms with Gasteiger partial charge in [0.25, 0.3) is 11.6 Å². The van der Waals surface area contributed by atoms with E-state index >= 15 is 0 Å². The van der Waals surface area contributed by atoms with Crippen molar-refractivity contribution in [2.75, 3.05) is 0 Å². The Bertz CT molecular complexity index is 732. The van der Waals surface area contributed by atoms with Crippen molar-refractivity contribution in [1.29, 1.82) is 0 Å². The van der Waals surface area contributed by atoms with Crippen molar-refractivity contribution < 1.29 is 9.72 Å². The molecule has 0 fully saturated rings. The largest absolute Gasteiger partial charge is 0.345 e. The fraction of sp³-hybridized carbons (Fsp3) is 0.278. The molecule has 5 nitrogen and oxygen atoms in total. The molecule has 0 bridgehead atoms. The molecule has 0 spiro atoms. The number of hydrogen-bond acceptors (Lipinski definition) is 3. The Labute approximate surface area is 145 Å². The summed E-state index contributed by atoms with van der Waals surface area (Å²) in [6, 6.07) is 13.6. The minimum absolute atomic E-state index is 0.0124. The summed E-state index contributed by atoms with van der Waals surface area (Å²) >= 11 is 5.79. The maximum absolute atomic E-state index is 12.5. The zero-order valence-corrected chi connectivity index (χ0v) is 14.3. The second-order valence-corrected chi connectivity index (χ2v) is 6.40. The van der Waals surface area contributed by atoms with Crippen molar-refractivity contribution in [2.24, 2.45) is 5.92 Å². The van der Waals surface area contributed by atoms with Gasteiger partial charge in [-0.2, -0.15) is 0 Å². The van der Waals surface area contributed by atoms with Crippen molar-refractivity contribution in [3.8, 4) is 0 Å². The summed E-state index contributed by atoms with van der Waals surface area (Å²) < 4.78 is 0. The number of amides is 1. The van der Waals surface area contributed by atoms with Crippen molar-refractivity contribution in [1.82, 2.24) is 5.32 Å². The van der Waals surface area contributed by atoms with Crippen LogP contribution in [0.25, 0.3) is 0 Å². The SMILES string of the molecule is CC(C)C[C@H](NC(=O)c1ccc(Cl)c([N+](=O)[O-])c1)c1ccccc1. The first kappa shape index (κ1) is 17.9. The predicted octanol–water partition coefficient (Wildman–Crippen LogP) is 4.77. The van der Waals surface area contributed by atoms with Gasteiger partial charge in [-0.3, -0.25) is 14.9 Å². The van der Waals surface area contributed by atoms with Gasteiger partial charge in [-0.1, -0.05) is 55.8 Å². The monoisotopic (exact) mass is 346 g/mol. The summed E-state index contributed by atoms with van der Waals surface area (Å²) in [4.78, 5) is 22.9. The average molecular weight is 347 g/mol. The first-order valence-electron chi connectivity index (χ1n) is 7.68. The third-order valence-electron chi connectivity index (χ3n) is 3.62. The highest BCUT2D eigenvalue weighted by Crippen LogP contribution is 2.26. The lowest BCUT2D eigenvalue weighted by atomic mass is 9.96. The standard InChI is InChI=1S/C18H19ClN2O3/c1-12(2)10-16(13-6-4-3-5-7-13)20-18(22)14-8-9-15(19)17(11-14)21(23)24/h3-9,11-12,16H,10H2,1-2H3,(H,20,22)/t16-/m0/s1. The van der Waals surface area contributed by atoms with Gasteiger partial charge in [-0.05, 0) is 30.0 Å². The van der Waals surface area contributed by atoms with E-state index in [1.165, 1.54) is 18.2 Å². The number of benzene rings is 2. The number of halogens is 1. The molecule has 0 saturated heterocycles. The molecule has 0 heterocycles. The number of nitrogens with zero attached hydrogens (tertiary/aromatic N) is 1. The zero-order valence-electron chi connectivity index (χ0n) is 13.5. The van der Waals surface area contributed by atoms with E-state index in [2.05, 4.69) is 19.2 Å². The van der Waals surface area contributed by atoms with Crippen LogP contribution in [0, 0.1) is 16.0 Å². The van der Waals surface area contributed by atoms with Gasteiger partial charge in [0, 0.05) is 11.6 Å². The van der Waals surface area contributed by atoms with E-state index in [9.17, 15) is 14.9 Å². The fourth-order valence-corrected chi connectivity index (χ4v) is 2.66. The molecule has 2 rings (SSSR count). The molecule has 0 saturated carbocycles. The average Bonchev–Trinajstić information content (AvgIpc) is 2.54. The van der Waals surface area contributed by atoms with E-state index < -0.39 is 4.92 Å². The van der Waals surface area contributed by atoms with E-state index in [1.54, 1.807) is 0 Å². The summed E-state index contributed by atoms with van der Waals surface area (Å²) in [5.41, 5.74) is 0.947. The third-order valence-corrected chi connectivity index (χ3v) is 3.94. The molecular formula is C18H19ClN2O3. The van der Waals surface area contributed by atoms with E-state index in [0.29, 0.717) is 5.92 Å². The highest BCUT2D eigenvalue weighted by atomic mass is 35.5. The molecule has 0 aliphatic heterocycles. The number of hydrogen-bond donors (Lipinski definition) is 1. The summed E-state index contributed by atoms with van der Waals surface area (Å²) in [6.07, 6.45) is 0.769. The van der Waals surface area contributed by atoms with Crippen LogP contribution in [0.2, 0.25) is 5.02 Å². The molecule has 1 atom stereocenters. The Hall–Kier alpha value is -2.40. The molecule has 1 amide bonds.